The molecule has 1 aromatic heterocycles. The average Bonchev–Trinajstić information content (AvgIpc) is 3.10. The van der Waals surface area contributed by atoms with Gasteiger partial charge in [-0.2, -0.15) is 0 Å². The minimum Gasteiger partial charge on any atom is -0.493 e. The molecule has 1 fully saturated rings. The number of amides is 2. The third kappa shape index (κ3) is 7.25. The lowest BCUT2D eigenvalue weighted by Gasteiger charge is -2.23. The number of carboxylic acid groups (broad SMARTS) is 1. The van der Waals surface area contributed by atoms with Gasteiger partial charge in [-0.3, -0.25) is 4.98 Å². The van der Waals surface area contributed by atoms with E-state index in [-0.39, 0.29) is 12.5 Å². The highest BCUT2D eigenvalue weighted by Crippen LogP contribution is 2.15. The topological polar surface area (TPSA) is 91.8 Å². The molecule has 1 aliphatic rings. The molecule has 1 atom stereocenters. The van der Waals surface area contributed by atoms with Crippen LogP contribution in [0.4, 0.5) is 4.79 Å². The quantitative estimate of drug-likeness (QED) is 0.619. The Balaban J connectivity index is 1.48. The van der Waals surface area contributed by atoms with Crippen LogP contribution in [0.25, 0.3) is 0 Å². The van der Waals surface area contributed by atoms with E-state index in [1.54, 1.807) is 4.90 Å². The number of carboxylic acids is 1. The van der Waals surface area contributed by atoms with Gasteiger partial charge in [-0.05, 0) is 48.6 Å². The monoisotopic (exact) mass is 439 g/mol. The van der Waals surface area contributed by atoms with Gasteiger partial charge in [0, 0.05) is 37.8 Å². The molecular weight excluding hydrogens is 406 g/mol. The van der Waals surface area contributed by atoms with Crippen molar-refractivity contribution in [3.8, 4) is 5.75 Å². The predicted octanol–water partition coefficient (Wildman–Crippen LogP) is 3.85. The number of hydrogen-bond donors (Lipinski definition) is 2. The number of ether oxygens (including phenoxy) is 1. The number of aromatic nitrogens is 1. The SMILES string of the molecule is CCc1ccc(CCOc2ccc(CC(NC(=O)N3CCCCCC3)C(=O)O)cc2)nc1. The second kappa shape index (κ2) is 12.1. The van der Waals surface area contributed by atoms with Crippen LogP contribution in [-0.2, 0) is 24.1 Å². The van der Waals surface area contributed by atoms with Gasteiger partial charge in [0.25, 0.3) is 0 Å². The van der Waals surface area contributed by atoms with E-state index in [9.17, 15) is 14.7 Å². The van der Waals surface area contributed by atoms with Crippen molar-refractivity contribution < 1.29 is 19.4 Å². The van der Waals surface area contributed by atoms with Crippen molar-refractivity contribution >= 4 is 12.0 Å². The largest absolute Gasteiger partial charge is 0.493 e. The summed E-state index contributed by atoms with van der Waals surface area (Å²) in [5.74, 6) is -0.311. The van der Waals surface area contributed by atoms with Gasteiger partial charge in [-0.15, -0.1) is 0 Å². The van der Waals surface area contributed by atoms with Gasteiger partial charge in [0.15, 0.2) is 0 Å². The molecule has 0 spiro atoms. The van der Waals surface area contributed by atoms with E-state index in [0.717, 1.165) is 55.5 Å². The molecule has 0 bridgehead atoms. The number of hydrogen-bond acceptors (Lipinski definition) is 4. The fraction of sp³-hybridized carbons (Fsp3) is 0.480. The Hall–Kier alpha value is -3.09. The fourth-order valence-corrected chi connectivity index (χ4v) is 3.76. The van der Waals surface area contributed by atoms with Gasteiger partial charge in [0.05, 0.1) is 6.61 Å². The molecule has 1 unspecified atom stereocenters. The molecule has 2 amide bonds. The molecule has 7 heteroatoms. The Labute approximate surface area is 189 Å². The summed E-state index contributed by atoms with van der Waals surface area (Å²) in [5.41, 5.74) is 3.04. The van der Waals surface area contributed by atoms with Gasteiger partial charge in [0.2, 0.25) is 0 Å². The molecule has 2 N–H and O–H groups in total. The first-order valence-electron chi connectivity index (χ1n) is 11.5. The third-order valence-corrected chi connectivity index (χ3v) is 5.77. The third-order valence-electron chi connectivity index (χ3n) is 5.77. The van der Waals surface area contributed by atoms with E-state index in [0.29, 0.717) is 19.7 Å². The molecule has 172 valence electrons. The molecule has 1 aromatic carbocycles. The standard InChI is InChI=1S/C25H33N3O4/c1-2-19-7-10-21(26-18-19)13-16-32-22-11-8-20(9-12-22)17-23(24(29)30)27-25(31)28-14-5-3-4-6-15-28/h7-12,18,23H,2-6,13-17H2,1H3,(H,27,31)(H,29,30). The maximum absolute atomic E-state index is 12.5. The Morgan fingerprint density at radius 1 is 1.06 bits per heavy atom. The maximum atomic E-state index is 12.5. The molecule has 1 saturated heterocycles. The van der Waals surface area contributed by atoms with Crippen molar-refractivity contribution in [2.45, 2.75) is 57.9 Å². The highest BCUT2D eigenvalue weighted by molar-refractivity contribution is 5.82. The zero-order valence-electron chi connectivity index (χ0n) is 18.8. The van der Waals surface area contributed by atoms with Crippen LogP contribution in [0.5, 0.6) is 5.75 Å². The number of urea groups is 1. The van der Waals surface area contributed by atoms with Crippen LogP contribution in [0, 0.1) is 0 Å². The van der Waals surface area contributed by atoms with E-state index >= 15 is 0 Å². The smallest absolute Gasteiger partial charge is 0.326 e. The number of likely N-dealkylation sites (tertiary alicyclic amines) is 1. The first-order valence-corrected chi connectivity index (χ1v) is 11.5. The Bertz CT molecular complexity index is 860. The summed E-state index contributed by atoms with van der Waals surface area (Å²) in [6.07, 6.45) is 7.97. The molecule has 7 nitrogen and oxygen atoms in total. The molecule has 1 aliphatic heterocycles. The van der Waals surface area contributed by atoms with Crippen LogP contribution in [0.3, 0.4) is 0 Å². The van der Waals surface area contributed by atoms with Crippen LogP contribution in [-0.4, -0.2) is 52.7 Å². The summed E-state index contributed by atoms with van der Waals surface area (Å²) >= 11 is 0. The normalized spacial score (nSPS) is 15.0. The number of aryl methyl sites for hydroxylation is 1. The molecule has 2 heterocycles. The second-order valence-corrected chi connectivity index (χ2v) is 8.20. The lowest BCUT2D eigenvalue weighted by Crippen LogP contribution is -2.49. The summed E-state index contributed by atoms with van der Waals surface area (Å²) < 4.78 is 5.80. The van der Waals surface area contributed by atoms with E-state index in [2.05, 4.69) is 23.3 Å². The summed E-state index contributed by atoms with van der Waals surface area (Å²) in [6.45, 7) is 3.98. The fourth-order valence-electron chi connectivity index (χ4n) is 3.76. The van der Waals surface area contributed by atoms with Gasteiger partial charge in [-0.1, -0.05) is 38.0 Å². The molecule has 3 rings (SSSR count). The first-order chi connectivity index (χ1) is 15.5. The number of rotatable bonds is 9. The first kappa shape index (κ1) is 23.6. The molecular formula is C25H33N3O4. The number of benzene rings is 1. The molecule has 0 radical (unpaired) electrons. The van der Waals surface area contributed by atoms with Gasteiger partial charge < -0.3 is 20.1 Å². The van der Waals surface area contributed by atoms with E-state index < -0.39 is 12.0 Å². The van der Waals surface area contributed by atoms with E-state index in [1.807, 2.05) is 36.5 Å². The number of nitrogens with zero attached hydrogens (tertiary/aromatic N) is 2. The minimum absolute atomic E-state index is 0.225. The molecule has 0 aliphatic carbocycles. The number of pyridine rings is 1. The maximum Gasteiger partial charge on any atom is 0.326 e. The lowest BCUT2D eigenvalue weighted by atomic mass is 10.1. The molecule has 2 aromatic rings. The highest BCUT2D eigenvalue weighted by atomic mass is 16.5. The Kier molecular flexibility index (Phi) is 8.90. The Morgan fingerprint density at radius 2 is 1.75 bits per heavy atom. The zero-order valence-corrected chi connectivity index (χ0v) is 18.8. The van der Waals surface area contributed by atoms with Crippen LogP contribution in [0.1, 0.15) is 49.4 Å². The van der Waals surface area contributed by atoms with Crippen molar-refractivity contribution in [1.82, 2.24) is 15.2 Å². The van der Waals surface area contributed by atoms with Crippen LogP contribution >= 0.6 is 0 Å². The molecule has 0 saturated carbocycles. The second-order valence-electron chi connectivity index (χ2n) is 8.20. The van der Waals surface area contributed by atoms with E-state index in [1.165, 1.54) is 5.56 Å². The van der Waals surface area contributed by atoms with Gasteiger partial charge in [0.1, 0.15) is 11.8 Å². The number of carbonyl (C=O) groups is 2. The number of nitrogens with one attached hydrogen (secondary N) is 1. The molecule has 32 heavy (non-hydrogen) atoms. The lowest BCUT2D eigenvalue weighted by molar-refractivity contribution is -0.139. The van der Waals surface area contributed by atoms with Crippen LogP contribution < -0.4 is 10.1 Å². The number of aliphatic carboxylic acids is 1. The highest BCUT2D eigenvalue weighted by Gasteiger charge is 2.24. The summed E-state index contributed by atoms with van der Waals surface area (Å²) in [6, 6.07) is 10.2. The van der Waals surface area contributed by atoms with Crippen molar-refractivity contribution in [3.05, 3.63) is 59.4 Å². The summed E-state index contributed by atoms with van der Waals surface area (Å²) in [5, 5.41) is 12.3. The van der Waals surface area contributed by atoms with Crippen LogP contribution in [0.15, 0.2) is 42.6 Å². The summed E-state index contributed by atoms with van der Waals surface area (Å²) in [7, 11) is 0. The number of carbonyl (C=O) groups excluding carboxylic acids is 1. The van der Waals surface area contributed by atoms with E-state index in [4.69, 9.17) is 4.74 Å². The van der Waals surface area contributed by atoms with Crippen molar-refractivity contribution in [2.24, 2.45) is 0 Å². The Morgan fingerprint density at radius 3 is 2.34 bits per heavy atom. The minimum atomic E-state index is -1.03. The van der Waals surface area contributed by atoms with Crippen LogP contribution in [0.2, 0.25) is 0 Å². The van der Waals surface area contributed by atoms with Gasteiger partial charge >= 0.3 is 12.0 Å². The van der Waals surface area contributed by atoms with Crippen molar-refractivity contribution in [3.63, 3.8) is 0 Å². The van der Waals surface area contributed by atoms with Crippen molar-refractivity contribution in [1.29, 1.82) is 0 Å². The zero-order chi connectivity index (χ0) is 22.8. The summed E-state index contributed by atoms with van der Waals surface area (Å²) in [4.78, 5) is 30.4. The van der Waals surface area contributed by atoms with Gasteiger partial charge in [-0.25, -0.2) is 9.59 Å². The van der Waals surface area contributed by atoms with Crippen molar-refractivity contribution in [2.75, 3.05) is 19.7 Å². The average molecular weight is 440 g/mol. The predicted molar refractivity (Wildman–Crippen MR) is 123 cm³/mol.